The Kier molecular flexibility index (Phi) is 13.6. The van der Waals surface area contributed by atoms with Crippen LogP contribution in [0.3, 0.4) is 0 Å². The van der Waals surface area contributed by atoms with Gasteiger partial charge in [0, 0.05) is 26.9 Å². The van der Waals surface area contributed by atoms with Crippen LogP contribution in [0.5, 0.6) is 0 Å². The molecule has 0 amide bonds. The van der Waals surface area contributed by atoms with Gasteiger partial charge in [-0.25, -0.2) is 0 Å². The summed E-state index contributed by atoms with van der Waals surface area (Å²) < 4.78 is 252. The van der Waals surface area contributed by atoms with Crippen LogP contribution >= 0.6 is 0 Å². The quantitative estimate of drug-likeness (QED) is 0.102. The first-order chi connectivity index (χ1) is 27.8. The fourth-order valence-corrected chi connectivity index (χ4v) is 10.8. The molecule has 24 nitrogen and oxygen atoms in total. The lowest BCUT2D eigenvalue weighted by atomic mass is 10.1. The van der Waals surface area contributed by atoms with Gasteiger partial charge in [-0.05, 0) is 53.9 Å². The standard InChI is InChI=1S/2C10H8O9S3.C10H8O6S2/c2*11-20(12,13)6-4-8-7(10(5-6)22(17,18)19)2-1-3-9(8)21(14,15)16;11-17(12,13)8-5-7-3-1-2-4-9(7)10(6-8)18(14,15)16/h2*1-5H,(H,11,12,13)(H,14,15,16)(H,17,18,19);1-6H,(H,11,12,13)(H,14,15,16). The van der Waals surface area contributed by atoms with E-state index in [2.05, 4.69) is 0 Å². The molecule has 6 aromatic carbocycles. The third kappa shape index (κ3) is 11.7. The first-order valence-corrected chi connectivity index (χ1v) is 26.8. The molecule has 32 heteroatoms. The van der Waals surface area contributed by atoms with Gasteiger partial charge in [0.25, 0.3) is 80.9 Å². The number of fused-ring (bicyclic) bond motifs is 3. The van der Waals surface area contributed by atoms with E-state index in [-0.39, 0.29) is 21.5 Å². The summed E-state index contributed by atoms with van der Waals surface area (Å²) in [6.45, 7) is 0. The molecule has 0 saturated carbocycles. The fourth-order valence-electron chi connectivity index (χ4n) is 5.38. The van der Waals surface area contributed by atoms with Crippen LogP contribution in [0.4, 0.5) is 0 Å². The van der Waals surface area contributed by atoms with Crippen molar-refractivity contribution in [3.05, 3.63) is 97.1 Å². The molecule has 6 rings (SSSR count). The number of benzene rings is 6. The van der Waals surface area contributed by atoms with E-state index in [0.29, 0.717) is 30.3 Å². The van der Waals surface area contributed by atoms with E-state index in [1.807, 2.05) is 0 Å². The summed E-state index contributed by atoms with van der Waals surface area (Å²) >= 11 is 0. The summed E-state index contributed by atoms with van der Waals surface area (Å²) in [6, 6.07) is 16.3. The van der Waals surface area contributed by atoms with Crippen molar-refractivity contribution in [2.45, 2.75) is 39.2 Å². The molecule has 0 fully saturated rings. The van der Waals surface area contributed by atoms with Crippen molar-refractivity contribution >= 4 is 113 Å². The fraction of sp³-hybridized carbons (Fsp3) is 0. The summed E-state index contributed by atoms with van der Waals surface area (Å²) in [6.07, 6.45) is 0. The SMILES string of the molecule is O=S(=O)(O)c1cc(S(=O)(=O)O)c2cccc(S(=O)(=O)O)c2c1.O=S(=O)(O)c1cc(S(=O)(=O)O)c2cccc(S(=O)(=O)O)c2c1.O=S(=O)(O)c1cc(S(=O)(=O)O)c2ccccc2c1. The maximum absolute atomic E-state index is 11.4. The smallest absolute Gasteiger partial charge is 0.282 e. The van der Waals surface area contributed by atoms with E-state index >= 15 is 0 Å². The molecule has 0 atom stereocenters. The normalized spacial score (nSPS) is 13.2. The van der Waals surface area contributed by atoms with Gasteiger partial charge in [-0.2, -0.15) is 67.3 Å². The molecule has 0 aliphatic rings. The van der Waals surface area contributed by atoms with Crippen molar-refractivity contribution in [2.24, 2.45) is 0 Å². The molecule has 0 saturated heterocycles. The average Bonchev–Trinajstić information content (AvgIpc) is 3.10. The maximum atomic E-state index is 11.4. The van der Waals surface area contributed by atoms with E-state index in [1.165, 1.54) is 12.1 Å². The van der Waals surface area contributed by atoms with Crippen molar-refractivity contribution in [3.63, 3.8) is 0 Å². The lowest BCUT2D eigenvalue weighted by Crippen LogP contribution is -2.06. The minimum Gasteiger partial charge on any atom is -0.282 e. The molecule has 0 unspecified atom stereocenters. The Balaban J connectivity index is 0.000000206. The molecule has 8 N–H and O–H groups in total. The van der Waals surface area contributed by atoms with Crippen molar-refractivity contribution in [1.29, 1.82) is 0 Å². The molecule has 336 valence electrons. The second-order valence-electron chi connectivity index (χ2n) is 12.0. The van der Waals surface area contributed by atoms with Crippen molar-refractivity contribution in [1.82, 2.24) is 0 Å². The van der Waals surface area contributed by atoms with E-state index < -0.39 is 131 Å². The molecule has 0 aliphatic carbocycles. The molecular formula is C30H24O24S8. The Labute approximate surface area is 351 Å². The van der Waals surface area contributed by atoms with Crippen molar-refractivity contribution in [3.8, 4) is 0 Å². The van der Waals surface area contributed by atoms with E-state index in [1.54, 1.807) is 12.1 Å². The molecule has 0 radical (unpaired) electrons. The van der Waals surface area contributed by atoms with E-state index in [9.17, 15) is 67.3 Å². The first-order valence-electron chi connectivity index (χ1n) is 15.3. The van der Waals surface area contributed by atoms with Gasteiger partial charge in [0.1, 0.15) is 24.5 Å². The third-order valence-corrected chi connectivity index (χ3v) is 14.9. The zero-order valence-electron chi connectivity index (χ0n) is 29.6. The highest BCUT2D eigenvalue weighted by Gasteiger charge is 2.26. The van der Waals surface area contributed by atoms with Crippen LogP contribution in [0.15, 0.2) is 136 Å². The molecular weight excluding hydrogens is 1000 g/mol. The topological polar surface area (TPSA) is 435 Å². The number of hydrogen-bond acceptors (Lipinski definition) is 16. The molecule has 0 spiro atoms. The minimum absolute atomic E-state index is 0.174. The van der Waals surface area contributed by atoms with E-state index in [4.69, 9.17) is 36.4 Å². The summed E-state index contributed by atoms with van der Waals surface area (Å²) in [5, 5.41) is -1.22. The Morgan fingerprint density at radius 1 is 0.242 bits per heavy atom. The largest absolute Gasteiger partial charge is 0.295 e. The average molecular weight is 1030 g/mol. The van der Waals surface area contributed by atoms with Gasteiger partial charge in [0.15, 0.2) is 0 Å². The van der Waals surface area contributed by atoms with Gasteiger partial charge in [-0.1, -0.05) is 48.5 Å². The zero-order chi connectivity index (χ0) is 47.4. The molecule has 62 heavy (non-hydrogen) atoms. The van der Waals surface area contributed by atoms with Crippen molar-refractivity contribution < 1.29 is 104 Å². The minimum atomic E-state index is -4.93. The van der Waals surface area contributed by atoms with Gasteiger partial charge in [0.2, 0.25) is 0 Å². The van der Waals surface area contributed by atoms with Crippen LogP contribution in [0.2, 0.25) is 0 Å². The highest BCUT2D eigenvalue weighted by molar-refractivity contribution is 7.88. The van der Waals surface area contributed by atoms with Gasteiger partial charge in [-0.3, -0.25) is 36.4 Å². The predicted molar refractivity (Wildman–Crippen MR) is 210 cm³/mol. The molecule has 0 bridgehead atoms. The highest BCUT2D eigenvalue weighted by Crippen LogP contribution is 2.33. The number of rotatable bonds is 8. The molecule has 0 heterocycles. The van der Waals surface area contributed by atoms with Crippen LogP contribution in [-0.2, 0) is 80.9 Å². The Morgan fingerprint density at radius 3 is 0.823 bits per heavy atom. The molecule has 0 aromatic heterocycles. The Bertz CT molecular complexity index is 3590. The van der Waals surface area contributed by atoms with Crippen LogP contribution < -0.4 is 0 Å². The second kappa shape index (κ2) is 16.8. The first kappa shape index (κ1) is 50.0. The van der Waals surface area contributed by atoms with Gasteiger partial charge < -0.3 is 0 Å². The van der Waals surface area contributed by atoms with Crippen molar-refractivity contribution in [2.75, 3.05) is 0 Å². The summed E-state index contributed by atoms with van der Waals surface area (Å²) in [4.78, 5) is -6.47. The van der Waals surface area contributed by atoms with Gasteiger partial charge in [0.05, 0.1) is 14.7 Å². The van der Waals surface area contributed by atoms with Crippen LogP contribution in [0.1, 0.15) is 0 Å². The molecule has 0 aliphatic heterocycles. The van der Waals surface area contributed by atoms with E-state index in [0.717, 1.165) is 42.5 Å². The van der Waals surface area contributed by atoms with Gasteiger partial charge >= 0.3 is 0 Å². The predicted octanol–water partition coefficient (Wildman–Crippen LogP) is 2.49. The van der Waals surface area contributed by atoms with Crippen LogP contribution in [-0.4, -0.2) is 104 Å². The lowest BCUT2D eigenvalue weighted by molar-refractivity contribution is 0.477. The Morgan fingerprint density at radius 2 is 0.516 bits per heavy atom. The lowest BCUT2D eigenvalue weighted by Gasteiger charge is -2.09. The van der Waals surface area contributed by atoms with Crippen LogP contribution in [0.25, 0.3) is 32.3 Å². The second-order valence-corrected chi connectivity index (χ2v) is 23.2. The highest BCUT2D eigenvalue weighted by atomic mass is 32.2. The monoisotopic (exact) mass is 1020 g/mol. The zero-order valence-corrected chi connectivity index (χ0v) is 36.1. The summed E-state index contributed by atoms with van der Waals surface area (Å²) in [5.41, 5.74) is 0. The maximum Gasteiger partial charge on any atom is 0.295 e. The van der Waals surface area contributed by atoms with Gasteiger partial charge in [-0.15, -0.1) is 0 Å². The summed E-state index contributed by atoms with van der Waals surface area (Å²) in [7, 11) is -38.4. The Hall–Kier alpha value is -4.62. The number of hydrogen-bond donors (Lipinski definition) is 8. The summed E-state index contributed by atoms with van der Waals surface area (Å²) in [5.74, 6) is 0. The third-order valence-electron chi connectivity index (χ3n) is 7.86. The molecule has 6 aromatic rings. The van der Waals surface area contributed by atoms with Crippen LogP contribution in [0, 0.1) is 0 Å².